The van der Waals surface area contributed by atoms with E-state index in [-0.39, 0.29) is 10.9 Å². The Balaban J connectivity index is 2.17. The van der Waals surface area contributed by atoms with Crippen molar-refractivity contribution in [1.29, 1.82) is 0 Å². The maximum atomic E-state index is 11.8. The summed E-state index contributed by atoms with van der Waals surface area (Å²) in [7, 11) is -3.32. The molecule has 7 heteroatoms. The second-order valence-corrected chi connectivity index (χ2v) is 7.50. The number of aromatic amines is 1. The smallest absolute Gasteiger partial charge is 0.177 e. The lowest BCUT2D eigenvalue weighted by Gasteiger charge is -2.04. The first-order valence-corrected chi connectivity index (χ1v) is 8.71. The van der Waals surface area contributed by atoms with Gasteiger partial charge < -0.3 is 10.7 Å². The van der Waals surface area contributed by atoms with Crippen molar-refractivity contribution >= 4 is 32.2 Å². The Morgan fingerprint density at radius 3 is 2.75 bits per heavy atom. The van der Waals surface area contributed by atoms with E-state index in [1.807, 2.05) is 17.5 Å². The molecule has 1 atom stereocenters. The molecule has 3 N–H and O–H groups in total. The molecule has 104 valence electrons. The number of imidazole rings is 1. The van der Waals surface area contributed by atoms with Gasteiger partial charge in [-0.25, -0.2) is 13.4 Å². The average Bonchev–Trinajstić information content (AvgIpc) is 3.05. The highest BCUT2D eigenvalue weighted by atomic mass is 32.2. The Hall–Kier alpha value is -1.70. The van der Waals surface area contributed by atoms with Crippen LogP contribution >= 0.6 is 11.3 Å². The number of aromatic nitrogens is 2. The number of benzene rings is 1. The van der Waals surface area contributed by atoms with Crippen molar-refractivity contribution in [3.63, 3.8) is 0 Å². The number of hydrogen-bond donors (Lipinski definition) is 2. The molecule has 0 aliphatic rings. The highest BCUT2D eigenvalue weighted by molar-refractivity contribution is 7.91. The standard InChI is InChI=1S/C13H13N3O2S2/c1-20(17,18)10-6-2-4-8-12(10)16-13(15-8)11(14)9-5-3-7-19-9/h2-7,11H,14H2,1H3,(H,15,16). The number of nitrogens with two attached hydrogens (primary N) is 1. The maximum absolute atomic E-state index is 11.8. The molecule has 0 aliphatic carbocycles. The zero-order valence-corrected chi connectivity index (χ0v) is 12.3. The summed E-state index contributed by atoms with van der Waals surface area (Å²) in [5.74, 6) is 0.568. The van der Waals surface area contributed by atoms with Gasteiger partial charge in [0.25, 0.3) is 0 Å². The van der Waals surface area contributed by atoms with Crippen molar-refractivity contribution < 1.29 is 8.42 Å². The number of fused-ring (bicyclic) bond motifs is 1. The van der Waals surface area contributed by atoms with Crippen molar-refractivity contribution in [3.05, 3.63) is 46.4 Å². The monoisotopic (exact) mass is 307 g/mol. The van der Waals surface area contributed by atoms with Crippen LogP contribution < -0.4 is 5.73 Å². The summed E-state index contributed by atoms with van der Waals surface area (Å²) in [6.07, 6.45) is 1.18. The molecule has 0 amide bonds. The third-order valence-electron chi connectivity index (χ3n) is 3.04. The molecule has 0 saturated carbocycles. The largest absolute Gasteiger partial charge is 0.340 e. The van der Waals surface area contributed by atoms with Gasteiger partial charge >= 0.3 is 0 Å². The van der Waals surface area contributed by atoms with Crippen LogP contribution in [0.25, 0.3) is 11.0 Å². The molecule has 0 fully saturated rings. The molecule has 0 radical (unpaired) electrons. The molecule has 5 nitrogen and oxygen atoms in total. The van der Waals surface area contributed by atoms with E-state index in [1.54, 1.807) is 29.5 Å². The lowest BCUT2D eigenvalue weighted by Crippen LogP contribution is -2.11. The van der Waals surface area contributed by atoms with Gasteiger partial charge in [0.05, 0.1) is 16.5 Å². The molecule has 2 aromatic heterocycles. The van der Waals surface area contributed by atoms with Crippen LogP contribution in [0, 0.1) is 0 Å². The van der Waals surface area contributed by atoms with Gasteiger partial charge in [-0.3, -0.25) is 0 Å². The number of hydrogen-bond acceptors (Lipinski definition) is 5. The predicted molar refractivity (Wildman–Crippen MR) is 79.6 cm³/mol. The molecule has 1 unspecified atom stereocenters. The first-order chi connectivity index (χ1) is 9.47. The predicted octanol–water partition coefficient (Wildman–Crippen LogP) is 2.08. The molecule has 20 heavy (non-hydrogen) atoms. The van der Waals surface area contributed by atoms with Crippen LogP contribution in [0.5, 0.6) is 0 Å². The maximum Gasteiger partial charge on any atom is 0.177 e. The minimum Gasteiger partial charge on any atom is -0.340 e. The Morgan fingerprint density at radius 2 is 2.10 bits per heavy atom. The fourth-order valence-corrected chi connectivity index (χ4v) is 3.64. The van der Waals surface area contributed by atoms with Crippen molar-refractivity contribution in [1.82, 2.24) is 9.97 Å². The van der Waals surface area contributed by atoms with E-state index >= 15 is 0 Å². The summed E-state index contributed by atoms with van der Waals surface area (Å²) in [5.41, 5.74) is 7.27. The lowest BCUT2D eigenvalue weighted by molar-refractivity contribution is 0.602. The average molecular weight is 307 g/mol. The van der Waals surface area contributed by atoms with Crippen LogP contribution in [0.4, 0.5) is 0 Å². The minimum absolute atomic E-state index is 0.218. The molecule has 3 rings (SSSR count). The van der Waals surface area contributed by atoms with Gasteiger partial charge in [0.1, 0.15) is 11.3 Å². The number of nitrogens with one attached hydrogen (secondary N) is 1. The number of nitrogens with zero attached hydrogens (tertiary/aromatic N) is 1. The number of H-pyrrole nitrogens is 1. The quantitative estimate of drug-likeness (QED) is 0.775. The fraction of sp³-hybridized carbons (Fsp3) is 0.154. The second kappa shape index (κ2) is 4.69. The van der Waals surface area contributed by atoms with Crippen LogP contribution in [-0.4, -0.2) is 24.6 Å². The molecular formula is C13H13N3O2S2. The molecule has 0 spiro atoms. The van der Waals surface area contributed by atoms with Gasteiger partial charge in [-0.1, -0.05) is 12.1 Å². The number of para-hydroxylation sites is 1. The minimum atomic E-state index is -3.32. The van der Waals surface area contributed by atoms with Crippen LogP contribution in [-0.2, 0) is 9.84 Å². The Kier molecular flexibility index (Phi) is 3.12. The second-order valence-electron chi connectivity index (χ2n) is 4.54. The van der Waals surface area contributed by atoms with E-state index in [9.17, 15) is 8.42 Å². The molecule has 3 aromatic rings. The third kappa shape index (κ3) is 2.24. The molecular weight excluding hydrogens is 294 g/mol. The third-order valence-corrected chi connectivity index (χ3v) is 5.12. The van der Waals surface area contributed by atoms with Crippen molar-refractivity contribution in [2.24, 2.45) is 5.73 Å². The van der Waals surface area contributed by atoms with Crippen LogP contribution in [0.1, 0.15) is 16.7 Å². The summed E-state index contributed by atoms with van der Waals surface area (Å²) in [6.45, 7) is 0. The topological polar surface area (TPSA) is 88.8 Å². The fourth-order valence-electron chi connectivity index (χ4n) is 2.07. The van der Waals surface area contributed by atoms with Crippen molar-refractivity contribution in [3.8, 4) is 0 Å². The normalized spacial score (nSPS) is 13.7. The highest BCUT2D eigenvalue weighted by Gasteiger charge is 2.19. The van der Waals surface area contributed by atoms with Crippen LogP contribution in [0.15, 0.2) is 40.6 Å². The lowest BCUT2D eigenvalue weighted by atomic mass is 10.2. The molecule has 0 bridgehead atoms. The zero-order chi connectivity index (χ0) is 14.3. The molecule has 2 heterocycles. The van der Waals surface area contributed by atoms with Gasteiger partial charge in [0, 0.05) is 11.1 Å². The van der Waals surface area contributed by atoms with E-state index in [4.69, 9.17) is 5.73 Å². The van der Waals surface area contributed by atoms with Gasteiger partial charge in [-0.15, -0.1) is 11.3 Å². The van der Waals surface area contributed by atoms with Crippen LogP contribution in [0.2, 0.25) is 0 Å². The molecule has 0 aliphatic heterocycles. The number of rotatable bonds is 3. The Morgan fingerprint density at radius 1 is 1.30 bits per heavy atom. The van der Waals surface area contributed by atoms with Crippen LogP contribution in [0.3, 0.4) is 0 Å². The van der Waals surface area contributed by atoms with Crippen molar-refractivity contribution in [2.45, 2.75) is 10.9 Å². The van der Waals surface area contributed by atoms with E-state index in [2.05, 4.69) is 9.97 Å². The van der Waals surface area contributed by atoms with Crippen molar-refractivity contribution in [2.75, 3.05) is 6.26 Å². The Bertz CT molecular complexity index is 851. The summed E-state index contributed by atoms with van der Waals surface area (Å²) in [4.78, 5) is 8.68. The van der Waals surface area contributed by atoms with E-state index in [0.717, 1.165) is 4.88 Å². The summed E-state index contributed by atoms with van der Waals surface area (Å²) < 4.78 is 23.5. The van der Waals surface area contributed by atoms with E-state index in [1.165, 1.54) is 6.26 Å². The number of thiophene rings is 1. The highest BCUT2D eigenvalue weighted by Crippen LogP contribution is 2.26. The van der Waals surface area contributed by atoms with Gasteiger partial charge in [-0.2, -0.15) is 0 Å². The molecule has 0 saturated heterocycles. The SMILES string of the molecule is CS(=O)(=O)c1cccc2[nH]c(C(N)c3cccs3)nc12. The van der Waals surface area contributed by atoms with Gasteiger partial charge in [-0.05, 0) is 23.6 Å². The summed E-state index contributed by atoms with van der Waals surface area (Å²) >= 11 is 1.54. The Labute approximate surface area is 120 Å². The molecule has 1 aromatic carbocycles. The van der Waals surface area contributed by atoms with E-state index in [0.29, 0.717) is 16.9 Å². The van der Waals surface area contributed by atoms with Gasteiger partial charge in [0.15, 0.2) is 9.84 Å². The van der Waals surface area contributed by atoms with E-state index < -0.39 is 9.84 Å². The first kappa shape index (κ1) is 13.3. The summed E-state index contributed by atoms with van der Waals surface area (Å²) in [6, 6.07) is 8.51. The summed E-state index contributed by atoms with van der Waals surface area (Å²) in [5, 5.41) is 1.94. The van der Waals surface area contributed by atoms with Gasteiger partial charge in [0.2, 0.25) is 0 Å². The number of sulfone groups is 1. The zero-order valence-electron chi connectivity index (χ0n) is 10.7. The first-order valence-electron chi connectivity index (χ1n) is 5.94.